The summed E-state index contributed by atoms with van der Waals surface area (Å²) >= 11 is 5.50. The summed E-state index contributed by atoms with van der Waals surface area (Å²) in [6, 6.07) is 1.17. The highest BCUT2D eigenvalue weighted by atomic mass is 35.5. The van der Waals surface area contributed by atoms with Crippen molar-refractivity contribution in [3.8, 4) is 0 Å². The Hall–Kier alpha value is -1.42. The van der Waals surface area contributed by atoms with E-state index in [0.717, 1.165) is 6.20 Å². The summed E-state index contributed by atoms with van der Waals surface area (Å²) in [5.74, 6) is -2.19. The summed E-state index contributed by atoms with van der Waals surface area (Å²) in [4.78, 5) is 13.7. The third kappa shape index (κ3) is 2.03. The minimum absolute atomic E-state index is 0.166. The first kappa shape index (κ1) is 9.67. The summed E-state index contributed by atoms with van der Waals surface area (Å²) < 4.78 is 12.9. The maximum Gasteiger partial charge on any atom is 0.335 e. The van der Waals surface area contributed by atoms with Crippen LogP contribution < -0.4 is 0 Å². The lowest BCUT2D eigenvalue weighted by Crippen LogP contribution is -2.01. The van der Waals surface area contributed by atoms with Crippen LogP contribution in [0.3, 0.4) is 0 Å². The molecule has 0 unspecified atom stereocenters. The Morgan fingerprint density at radius 2 is 2.31 bits per heavy atom. The van der Waals surface area contributed by atoms with Crippen LogP contribution in [0.25, 0.3) is 5.57 Å². The summed E-state index contributed by atoms with van der Waals surface area (Å²) in [6.45, 7) is 3.19. The van der Waals surface area contributed by atoms with Crippen molar-refractivity contribution >= 4 is 23.1 Å². The second kappa shape index (κ2) is 3.53. The van der Waals surface area contributed by atoms with Gasteiger partial charge in [0.2, 0.25) is 5.95 Å². The zero-order valence-corrected chi connectivity index (χ0v) is 7.18. The lowest BCUT2D eigenvalue weighted by molar-refractivity contribution is -0.130. The molecule has 0 fully saturated rings. The Morgan fingerprint density at radius 3 is 2.85 bits per heavy atom. The lowest BCUT2D eigenvalue weighted by atomic mass is 10.1. The predicted molar refractivity (Wildman–Crippen MR) is 45.9 cm³/mol. The number of aliphatic carboxylic acids is 1. The predicted octanol–water partition coefficient (Wildman–Crippen LogP) is 1.97. The lowest BCUT2D eigenvalue weighted by Gasteiger charge is -2.01. The Morgan fingerprint density at radius 1 is 1.69 bits per heavy atom. The summed E-state index contributed by atoms with van der Waals surface area (Å²) in [5.41, 5.74) is -0.562. The summed E-state index contributed by atoms with van der Waals surface area (Å²) in [5, 5.41) is 8.68. The standard InChI is InChI=1S/C8H5ClFNO2/c1-4(8(12)13)6-2-5(9)3-11-7(6)10/h2-3H,1H2,(H,12,13). The molecule has 0 radical (unpaired) electrons. The average Bonchev–Trinajstić information content (AvgIpc) is 2.08. The van der Waals surface area contributed by atoms with Gasteiger partial charge >= 0.3 is 5.97 Å². The second-order valence-electron chi connectivity index (χ2n) is 2.28. The van der Waals surface area contributed by atoms with E-state index < -0.39 is 11.9 Å². The molecule has 1 heterocycles. The van der Waals surface area contributed by atoms with Crippen molar-refractivity contribution in [1.82, 2.24) is 4.98 Å². The van der Waals surface area contributed by atoms with Gasteiger partial charge in [0.05, 0.1) is 10.6 Å². The summed E-state index contributed by atoms with van der Waals surface area (Å²) in [6.07, 6.45) is 1.09. The Bertz CT molecular complexity index is 378. The largest absolute Gasteiger partial charge is 0.478 e. The fraction of sp³-hybridized carbons (Fsp3) is 0. The number of hydrogen-bond acceptors (Lipinski definition) is 2. The molecular formula is C8H5ClFNO2. The maximum absolute atomic E-state index is 12.9. The Balaban J connectivity index is 3.21. The SMILES string of the molecule is C=C(C(=O)O)c1cc(Cl)cnc1F. The van der Waals surface area contributed by atoms with E-state index in [0.29, 0.717) is 0 Å². The van der Waals surface area contributed by atoms with Crippen LogP contribution in [0.2, 0.25) is 5.02 Å². The minimum atomic E-state index is -1.30. The molecule has 0 saturated heterocycles. The monoisotopic (exact) mass is 201 g/mol. The van der Waals surface area contributed by atoms with E-state index in [4.69, 9.17) is 16.7 Å². The molecule has 0 saturated carbocycles. The van der Waals surface area contributed by atoms with Crippen LogP contribution in [0.1, 0.15) is 5.56 Å². The van der Waals surface area contributed by atoms with Crippen LogP contribution in [-0.4, -0.2) is 16.1 Å². The fourth-order valence-electron chi connectivity index (χ4n) is 0.749. The number of aromatic nitrogens is 1. The number of carboxylic acids is 1. The molecule has 3 nitrogen and oxygen atoms in total. The zero-order chi connectivity index (χ0) is 10.0. The zero-order valence-electron chi connectivity index (χ0n) is 6.42. The van der Waals surface area contributed by atoms with Crippen LogP contribution in [0.5, 0.6) is 0 Å². The van der Waals surface area contributed by atoms with Crippen LogP contribution in [0.4, 0.5) is 4.39 Å². The summed E-state index contributed by atoms with van der Waals surface area (Å²) in [7, 11) is 0. The van der Waals surface area contributed by atoms with Crippen molar-refractivity contribution in [2.24, 2.45) is 0 Å². The van der Waals surface area contributed by atoms with Crippen LogP contribution in [0, 0.1) is 5.95 Å². The molecule has 0 amide bonds. The molecule has 13 heavy (non-hydrogen) atoms. The second-order valence-corrected chi connectivity index (χ2v) is 2.71. The van der Waals surface area contributed by atoms with Gasteiger partial charge in [0.1, 0.15) is 0 Å². The van der Waals surface area contributed by atoms with Gasteiger partial charge in [0.15, 0.2) is 0 Å². The molecule has 0 aliphatic heterocycles. The molecule has 5 heteroatoms. The molecule has 0 aliphatic rings. The van der Waals surface area contributed by atoms with Gasteiger partial charge in [-0.2, -0.15) is 4.39 Å². The first-order valence-corrected chi connectivity index (χ1v) is 3.64. The number of pyridine rings is 1. The van der Waals surface area contributed by atoms with E-state index in [1.54, 1.807) is 0 Å². The van der Waals surface area contributed by atoms with Gasteiger partial charge in [-0.25, -0.2) is 9.78 Å². The average molecular weight is 202 g/mol. The van der Waals surface area contributed by atoms with Gasteiger partial charge in [0, 0.05) is 11.8 Å². The fourth-order valence-corrected chi connectivity index (χ4v) is 0.907. The van der Waals surface area contributed by atoms with Gasteiger partial charge in [-0.3, -0.25) is 0 Å². The first-order valence-electron chi connectivity index (χ1n) is 3.26. The van der Waals surface area contributed by atoms with Gasteiger partial charge in [-0.1, -0.05) is 18.2 Å². The van der Waals surface area contributed by atoms with Crippen molar-refractivity contribution in [1.29, 1.82) is 0 Å². The number of carbonyl (C=O) groups is 1. The molecule has 1 aromatic heterocycles. The topological polar surface area (TPSA) is 50.2 Å². The normalized spacial score (nSPS) is 9.69. The molecule has 1 N–H and O–H groups in total. The molecule has 0 spiro atoms. The number of nitrogens with zero attached hydrogens (tertiary/aromatic N) is 1. The van der Waals surface area contributed by atoms with Crippen LogP contribution in [-0.2, 0) is 4.79 Å². The molecule has 0 atom stereocenters. The molecule has 0 aliphatic carbocycles. The molecule has 1 rings (SSSR count). The Labute approximate surface area is 78.5 Å². The van der Waals surface area contributed by atoms with Crippen LogP contribution >= 0.6 is 11.6 Å². The number of carboxylic acid groups (broad SMARTS) is 1. The quantitative estimate of drug-likeness (QED) is 0.588. The highest BCUT2D eigenvalue weighted by Gasteiger charge is 2.13. The third-order valence-electron chi connectivity index (χ3n) is 1.39. The minimum Gasteiger partial charge on any atom is -0.478 e. The highest BCUT2D eigenvalue weighted by Crippen LogP contribution is 2.19. The van der Waals surface area contributed by atoms with E-state index in [1.165, 1.54) is 6.07 Å². The smallest absolute Gasteiger partial charge is 0.335 e. The van der Waals surface area contributed by atoms with Gasteiger partial charge < -0.3 is 5.11 Å². The third-order valence-corrected chi connectivity index (χ3v) is 1.60. The van der Waals surface area contributed by atoms with E-state index >= 15 is 0 Å². The van der Waals surface area contributed by atoms with Crippen molar-refractivity contribution in [3.05, 3.63) is 35.4 Å². The van der Waals surface area contributed by atoms with Crippen LogP contribution in [0.15, 0.2) is 18.8 Å². The van der Waals surface area contributed by atoms with Crippen molar-refractivity contribution in [3.63, 3.8) is 0 Å². The van der Waals surface area contributed by atoms with Crippen molar-refractivity contribution < 1.29 is 14.3 Å². The molecular weight excluding hydrogens is 197 g/mol. The maximum atomic E-state index is 12.9. The van der Waals surface area contributed by atoms with Crippen molar-refractivity contribution in [2.45, 2.75) is 0 Å². The van der Waals surface area contributed by atoms with Crippen molar-refractivity contribution in [2.75, 3.05) is 0 Å². The van der Waals surface area contributed by atoms with Gasteiger partial charge in [-0.05, 0) is 6.07 Å². The number of hydrogen-bond donors (Lipinski definition) is 1. The highest BCUT2D eigenvalue weighted by molar-refractivity contribution is 6.30. The number of halogens is 2. The van der Waals surface area contributed by atoms with Gasteiger partial charge in [-0.15, -0.1) is 0 Å². The van der Waals surface area contributed by atoms with E-state index in [1.807, 2.05) is 0 Å². The first-order chi connectivity index (χ1) is 6.02. The van der Waals surface area contributed by atoms with E-state index in [2.05, 4.69) is 11.6 Å². The molecule has 1 aromatic rings. The van der Waals surface area contributed by atoms with E-state index in [9.17, 15) is 9.18 Å². The molecule has 0 bridgehead atoms. The molecule has 68 valence electrons. The number of rotatable bonds is 2. The molecule has 0 aromatic carbocycles. The van der Waals surface area contributed by atoms with Gasteiger partial charge in [0.25, 0.3) is 0 Å². The Kier molecular flexibility index (Phi) is 2.63. The van der Waals surface area contributed by atoms with E-state index in [-0.39, 0.29) is 16.2 Å².